The minimum Gasteiger partial charge on any atom is -0.449 e. The van der Waals surface area contributed by atoms with Crippen molar-refractivity contribution in [3.63, 3.8) is 0 Å². The minimum absolute atomic E-state index is 0.277. The molecule has 0 aliphatic rings. The maximum atomic E-state index is 11.4. The third kappa shape index (κ3) is 4.45. The molecule has 4 nitrogen and oxygen atoms in total. The number of nitriles is 1. The maximum Gasteiger partial charge on any atom is 0.411 e. The molecule has 0 spiro atoms. The van der Waals surface area contributed by atoms with Crippen LogP contribution in [0.2, 0.25) is 0 Å². The molecule has 0 aliphatic carbocycles. The number of benzene rings is 1. The summed E-state index contributed by atoms with van der Waals surface area (Å²) in [5.41, 5.74) is 0.838. The molecule has 0 saturated heterocycles. The van der Waals surface area contributed by atoms with Crippen molar-refractivity contribution in [1.29, 1.82) is 5.26 Å². The zero-order valence-electron chi connectivity index (χ0n) is 9.66. The summed E-state index contributed by atoms with van der Waals surface area (Å²) in [6.07, 6.45) is -0.548. The van der Waals surface area contributed by atoms with Crippen LogP contribution < -0.4 is 5.32 Å². The lowest BCUT2D eigenvalue weighted by molar-refractivity contribution is 0.147. The van der Waals surface area contributed by atoms with Crippen LogP contribution in [0.15, 0.2) is 22.7 Å². The van der Waals surface area contributed by atoms with E-state index in [1.54, 1.807) is 18.2 Å². The van der Waals surface area contributed by atoms with Crippen molar-refractivity contribution in [3.8, 4) is 6.07 Å². The standard InChI is InChI=1S/C12H13BrN2O2/c1-8(2)7-17-12(16)15-11-5-10(13)4-3-9(11)6-14/h3-5,8H,7H2,1-2H3,(H,15,16). The molecule has 0 aliphatic heterocycles. The van der Waals surface area contributed by atoms with Crippen molar-refractivity contribution in [1.82, 2.24) is 0 Å². The van der Waals surface area contributed by atoms with E-state index in [1.165, 1.54) is 0 Å². The van der Waals surface area contributed by atoms with Crippen LogP contribution in [-0.2, 0) is 4.74 Å². The van der Waals surface area contributed by atoms with Crippen LogP contribution in [0.25, 0.3) is 0 Å². The molecule has 90 valence electrons. The Morgan fingerprint density at radius 1 is 1.59 bits per heavy atom. The second kappa shape index (κ2) is 6.26. The van der Waals surface area contributed by atoms with Crippen LogP contribution >= 0.6 is 15.9 Å². The van der Waals surface area contributed by atoms with Crippen LogP contribution in [0, 0.1) is 17.2 Å². The number of amides is 1. The zero-order chi connectivity index (χ0) is 12.8. The Labute approximate surface area is 109 Å². The van der Waals surface area contributed by atoms with Gasteiger partial charge in [0, 0.05) is 4.47 Å². The molecule has 0 aromatic heterocycles. The van der Waals surface area contributed by atoms with E-state index in [-0.39, 0.29) is 5.92 Å². The summed E-state index contributed by atoms with van der Waals surface area (Å²) in [6, 6.07) is 7.03. The van der Waals surface area contributed by atoms with Crippen LogP contribution in [-0.4, -0.2) is 12.7 Å². The minimum atomic E-state index is -0.548. The van der Waals surface area contributed by atoms with E-state index in [0.29, 0.717) is 17.9 Å². The van der Waals surface area contributed by atoms with Gasteiger partial charge in [0.25, 0.3) is 0 Å². The molecular weight excluding hydrogens is 284 g/mol. The number of ether oxygens (including phenoxy) is 1. The zero-order valence-corrected chi connectivity index (χ0v) is 11.2. The molecule has 1 aromatic rings. The predicted molar refractivity (Wildman–Crippen MR) is 68.7 cm³/mol. The Balaban J connectivity index is 2.71. The first kappa shape index (κ1) is 13.5. The molecule has 1 amide bonds. The fourth-order valence-electron chi connectivity index (χ4n) is 1.11. The van der Waals surface area contributed by atoms with Gasteiger partial charge in [-0.25, -0.2) is 4.79 Å². The number of hydrogen-bond donors (Lipinski definition) is 1. The largest absolute Gasteiger partial charge is 0.449 e. The number of rotatable bonds is 3. The first-order valence-corrected chi connectivity index (χ1v) is 5.95. The molecule has 0 radical (unpaired) electrons. The summed E-state index contributed by atoms with van der Waals surface area (Å²) in [7, 11) is 0. The van der Waals surface area contributed by atoms with Gasteiger partial charge in [-0.05, 0) is 24.1 Å². The normalized spacial score (nSPS) is 9.82. The Kier molecular flexibility index (Phi) is 4.98. The quantitative estimate of drug-likeness (QED) is 0.928. The molecule has 0 bridgehead atoms. The van der Waals surface area contributed by atoms with E-state index in [1.807, 2.05) is 19.9 Å². The first-order valence-electron chi connectivity index (χ1n) is 5.16. The Morgan fingerprint density at radius 2 is 2.29 bits per heavy atom. The molecule has 17 heavy (non-hydrogen) atoms. The van der Waals surface area contributed by atoms with Crippen molar-refractivity contribution in [2.45, 2.75) is 13.8 Å². The van der Waals surface area contributed by atoms with Gasteiger partial charge in [0.2, 0.25) is 0 Å². The van der Waals surface area contributed by atoms with Crippen LogP contribution in [0.5, 0.6) is 0 Å². The summed E-state index contributed by atoms with van der Waals surface area (Å²) in [5, 5.41) is 11.4. The summed E-state index contributed by atoms with van der Waals surface area (Å²) < 4.78 is 5.76. The highest BCUT2D eigenvalue weighted by molar-refractivity contribution is 9.10. The second-order valence-corrected chi connectivity index (χ2v) is 4.83. The van der Waals surface area contributed by atoms with Gasteiger partial charge in [-0.15, -0.1) is 0 Å². The number of nitrogens with one attached hydrogen (secondary N) is 1. The molecule has 5 heteroatoms. The number of anilines is 1. The Bertz CT molecular complexity index is 452. The highest BCUT2D eigenvalue weighted by Crippen LogP contribution is 2.20. The first-order chi connectivity index (χ1) is 8.02. The van der Waals surface area contributed by atoms with Gasteiger partial charge < -0.3 is 4.74 Å². The predicted octanol–water partition coefficient (Wildman–Crippen LogP) is 3.53. The Hall–Kier alpha value is -1.54. The molecule has 1 N–H and O–H groups in total. The van der Waals surface area contributed by atoms with Gasteiger partial charge >= 0.3 is 6.09 Å². The number of carbonyl (C=O) groups excluding carboxylic acids is 1. The Morgan fingerprint density at radius 3 is 2.88 bits per heavy atom. The lowest BCUT2D eigenvalue weighted by Crippen LogP contribution is -2.17. The van der Waals surface area contributed by atoms with Crippen LogP contribution in [0.3, 0.4) is 0 Å². The average molecular weight is 297 g/mol. The smallest absolute Gasteiger partial charge is 0.411 e. The summed E-state index contributed by atoms with van der Waals surface area (Å²) in [5.74, 6) is 0.277. The lowest BCUT2D eigenvalue weighted by Gasteiger charge is -2.09. The van der Waals surface area contributed by atoms with Crippen molar-refractivity contribution >= 4 is 27.7 Å². The monoisotopic (exact) mass is 296 g/mol. The van der Waals surface area contributed by atoms with Gasteiger partial charge in [0.05, 0.1) is 17.9 Å². The molecule has 1 rings (SSSR count). The van der Waals surface area contributed by atoms with Crippen molar-refractivity contribution < 1.29 is 9.53 Å². The fourth-order valence-corrected chi connectivity index (χ4v) is 1.47. The topological polar surface area (TPSA) is 62.1 Å². The van der Waals surface area contributed by atoms with Gasteiger partial charge in [0.1, 0.15) is 6.07 Å². The third-order valence-corrected chi connectivity index (χ3v) is 2.38. The van der Waals surface area contributed by atoms with Crippen molar-refractivity contribution in [2.24, 2.45) is 5.92 Å². The van der Waals surface area contributed by atoms with E-state index < -0.39 is 6.09 Å². The number of hydrogen-bond acceptors (Lipinski definition) is 3. The molecule has 0 heterocycles. The number of halogens is 1. The van der Waals surface area contributed by atoms with Gasteiger partial charge in [0.15, 0.2) is 0 Å². The lowest BCUT2D eigenvalue weighted by atomic mass is 10.2. The molecule has 0 atom stereocenters. The van der Waals surface area contributed by atoms with E-state index in [2.05, 4.69) is 21.2 Å². The maximum absolute atomic E-state index is 11.4. The highest BCUT2D eigenvalue weighted by atomic mass is 79.9. The number of carbonyl (C=O) groups is 1. The van der Waals surface area contributed by atoms with Crippen LogP contribution in [0.1, 0.15) is 19.4 Å². The number of nitrogens with zero attached hydrogens (tertiary/aromatic N) is 1. The fraction of sp³-hybridized carbons (Fsp3) is 0.333. The van der Waals surface area contributed by atoms with E-state index in [9.17, 15) is 4.79 Å². The summed E-state index contributed by atoms with van der Waals surface area (Å²) >= 11 is 3.28. The molecular formula is C12H13BrN2O2. The van der Waals surface area contributed by atoms with Gasteiger partial charge in [-0.3, -0.25) is 5.32 Å². The van der Waals surface area contributed by atoms with Crippen molar-refractivity contribution in [2.75, 3.05) is 11.9 Å². The SMILES string of the molecule is CC(C)COC(=O)Nc1cc(Br)ccc1C#N. The van der Waals surface area contributed by atoms with E-state index in [0.717, 1.165) is 4.47 Å². The second-order valence-electron chi connectivity index (χ2n) is 3.92. The molecule has 1 aromatic carbocycles. The summed E-state index contributed by atoms with van der Waals surface area (Å²) in [6.45, 7) is 4.25. The average Bonchev–Trinajstić information content (AvgIpc) is 2.27. The molecule has 0 fully saturated rings. The molecule has 0 saturated carbocycles. The van der Waals surface area contributed by atoms with Gasteiger partial charge in [-0.1, -0.05) is 29.8 Å². The van der Waals surface area contributed by atoms with E-state index >= 15 is 0 Å². The highest BCUT2D eigenvalue weighted by Gasteiger charge is 2.08. The van der Waals surface area contributed by atoms with Crippen molar-refractivity contribution in [3.05, 3.63) is 28.2 Å². The molecule has 0 unspecified atom stereocenters. The third-order valence-electron chi connectivity index (χ3n) is 1.89. The van der Waals surface area contributed by atoms with E-state index in [4.69, 9.17) is 10.00 Å². The van der Waals surface area contributed by atoms with Crippen LogP contribution in [0.4, 0.5) is 10.5 Å². The summed E-state index contributed by atoms with van der Waals surface area (Å²) in [4.78, 5) is 11.4. The van der Waals surface area contributed by atoms with Gasteiger partial charge in [-0.2, -0.15) is 5.26 Å².